The maximum Gasteiger partial charge on any atom is 0.222 e. The zero-order valence-corrected chi connectivity index (χ0v) is 11.0. The molecule has 3 rings (SSSR count). The smallest absolute Gasteiger partial charge is 0.222 e. The minimum absolute atomic E-state index is 0.292. The molecule has 94 valence electrons. The molecule has 0 unspecified atom stereocenters. The second-order valence-corrected chi connectivity index (χ2v) is 5.35. The summed E-state index contributed by atoms with van der Waals surface area (Å²) in [5.74, 6) is 0.770. The fourth-order valence-electron chi connectivity index (χ4n) is 2.18. The van der Waals surface area contributed by atoms with E-state index in [9.17, 15) is 0 Å². The number of nitrogens with zero attached hydrogens (tertiary/aromatic N) is 1. The van der Waals surface area contributed by atoms with Crippen molar-refractivity contribution in [2.24, 2.45) is 0 Å². The fraction of sp³-hybridized carbons (Fsp3) is 0.357. The van der Waals surface area contributed by atoms with Crippen molar-refractivity contribution in [2.45, 2.75) is 18.9 Å². The predicted octanol–water partition coefficient (Wildman–Crippen LogP) is 2.94. The number of ether oxygens (including phenoxy) is 1. The summed E-state index contributed by atoms with van der Waals surface area (Å²) in [6.07, 6.45) is 4.20. The first kappa shape index (κ1) is 11.7. The van der Waals surface area contributed by atoms with Gasteiger partial charge in [-0.3, -0.25) is 0 Å². The highest BCUT2D eigenvalue weighted by Gasteiger charge is 2.17. The maximum atomic E-state index is 6.07. The molecule has 0 saturated carbocycles. The van der Waals surface area contributed by atoms with E-state index >= 15 is 0 Å². The van der Waals surface area contributed by atoms with Crippen molar-refractivity contribution in [3.05, 3.63) is 35.8 Å². The highest BCUT2D eigenvalue weighted by molar-refractivity contribution is 7.13. The molecule has 0 radical (unpaired) electrons. The molecule has 1 fully saturated rings. The summed E-state index contributed by atoms with van der Waals surface area (Å²) in [7, 11) is 0. The molecule has 18 heavy (non-hydrogen) atoms. The van der Waals surface area contributed by atoms with Crippen LogP contribution in [-0.4, -0.2) is 24.2 Å². The van der Waals surface area contributed by atoms with Crippen LogP contribution in [0.1, 0.15) is 12.8 Å². The summed E-state index contributed by atoms with van der Waals surface area (Å²) in [6, 6.07) is 8.21. The minimum atomic E-state index is 0.292. The molecular weight excluding hydrogens is 244 g/mol. The lowest BCUT2D eigenvalue weighted by atomic mass is 10.1. The van der Waals surface area contributed by atoms with Crippen LogP contribution in [0.15, 0.2) is 35.8 Å². The van der Waals surface area contributed by atoms with Gasteiger partial charge >= 0.3 is 0 Å². The molecule has 0 spiro atoms. The average molecular weight is 260 g/mol. The SMILES string of the molecule is c1csc(-c2cccnc2OC2CCNCC2)c1. The van der Waals surface area contributed by atoms with Crippen molar-refractivity contribution in [3.8, 4) is 16.3 Å². The van der Waals surface area contributed by atoms with Gasteiger partial charge in [0.25, 0.3) is 0 Å². The Morgan fingerprint density at radius 1 is 1.22 bits per heavy atom. The van der Waals surface area contributed by atoms with Gasteiger partial charge in [-0.05, 0) is 49.5 Å². The van der Waals surface area contributed by atoms with Crippen LogP contribution in [0, 0.1) is 0 Å². The van der Waals surface area contributed by atoms with E-state index in [2.05, 4.69) is 33.9 Å². The molecule has 2 aromatic heterocycles. The van der Waals surface area contributed by atoms with Gasteiger partial charge in [0.15, 0.2) is 0 Å². The molecular formula is C14H16N2OS. The zero-order valence-electron chi connectivity index (χ0n) is 10.1. The molecule has 0 amide bonds. The van der Waals surface area contributed by atoms with Crippen molar-refractivity contribution in [2.75, 3.05) is 13.1 Å². The van der Waals surface area contributed by atoms with Crippen LogP contribution in [0.3, 0.4) is 0 Å². The Bertz CT molecular complexity index is 492. The summed E-state index contributed by atoms with van der Waals surface area (Å²) in [6.45, 7) is 2.07. The molecule has 2 aromatic rings. The normalized spacial score (nSPS) is 16.7. The van der Waals surface area contributed by atoms with Crippen LogP contribution in [0.2, 0.25) is 0 Å². The van der Waals surface area contributed by atoms with Crippen molar-refractivity contribution in [1.82, 2.24) is 10.3 Å². The third kappa shape index (κ3) is 2.54. The second-order valence-electron chi connectivity index (χ2n) is 4.40. The van der Waals surface area contributed by atoms with Crippen molar-refractivity contribution >= 4 is 11.3 Å². The van der Waals surface area contributed by atoms with Gasteiger partial charge in [0.2, 0.25) is 5.88 Å². The molecule has 0 bridgehead atoms. The van der Waals surface area contributed by atoms with Gasteiger partial charge in [0, 0.05) is 11.1 Å². The van der Waals surface area contributed by atoms with Gasteiger partial charge in [-0.1, -0.05) is 6.07 Å². The number of piperidine rings is 1. The van der Waals surface area contributed by atoms with E-state index in [0.29, 0.717) is 6.10 Å². The lowest BCUT2D eigenvalue weighted by Gasteiger charge is -2.24. The molecule has 4 heteroatoms. The molecule has 3 nitrogen and oxygen atoms in total. The Morgan fingerprint density at radius 3 is 2.89 bits per heavy atom. The van der Waals surface area contributed by atoms with E-state index in [1.165, 1.54) is 4.88 Å². The monoisotopic (exact) mass is 260 g/mol. The van der Waals surface area contributed by atoms with Crippen molar-refractivity contribution in [3.63, 3.8) is 0 Å². The molecule has 3 heterocycles. The number of pyridine rings is 1. The highest BCUT2D eigenvalue weighted by atomic mass is 32.1. The van der Waals surface area contributed by atoms with Crippen molar-refractivity contribution < 1.29 is 4.74 Å². The van der Waals surface area contributed by atoms with Crippen LogP contribution >= 0.6 is 11.3 Å². The number of aromatic nitrogens is 1. The lowest BCUT2D eigenvalue weighted by molar-refractivity contribution is 0.157. The summed E-state index contributed by atoms with van der Waals surface area (Å²) in [5, 5.41) is 5.42. The molecule has 1 aliphatic rings. The Kier molecular flexibility index (Phi) is 3.57. The Labute approximate surface area is 111 Å². The number of thiophene rings is 1. The second kappa shape index (κ2) is 5.50. The third-order valence-corrected chi connectivity index (χ3v) is 4.03. The fourth-order valence-corrected chi connectivity index (χ4v) is 2.92. The number of hydrogen-bond acceptors (Lipinski definition) is 4. The molecule has 1 N–H and O–H groups in total. The largest absolute Gasteiger partial charge is 0.474 e. The Hall–Kier alpha value is -1.39. The summed E-state index contributed by atoms with van der Waals surface area (Å²) < 4.78 is 6.07. The third-order valence-electron chi connectivity index (χ3n) is 3.12. The van der Waals surface area contributed by atoms with Crippen molar-refractivity contribution in [1.29, 1.82) is 0 Å². The topological polar surface area (TPSA) is 34.1 Å². The Balaban J connectivity index is 1.83. The van der Waals surface area contributed by atoms with Crippen LogP contribution < -0.4 is 10.1 Å². The molecule has 0 aromatic carbocycles. The molecule has 0 atom stereocenters. The quantitative estimate of drug-likeness (QED) is 0.921. The van der Waals surface area contributed by atoms with E-state index < -0.39 is 0 Å². The van der Waals surface area contributed by atoms with Crippen LogP contribution in [0.4, 0.5) is 0 Å². The highest BCUT2D eigenvalue weighted by Crippen LogP contribution is 2.32. The molecule has 1 aliphatic heterocycles. The van der Waals surface area contributed by atoms with Gasteiger partial charge in [0.1, 0.15) is 6.10 Å². The molecule has 1 saturated heterocycles. The summed E-state index contributed by atoms with van der Waals surface area (Å²) in [5.41, 5.74) is 1.10. The number of nitrogens with one attached hydrogen (secondary N) is 1. The first-order valence-electron chi connectivity index (χ1n) is 6.30. The first-order valence-corrected chi connectivity index (χ1v) is 7.18. The van der Waals surface area contributed by atoms with E-state index in [-0.39, 0.29) is 0 Å². The van der Waals surface area contributed by atoms with Crippen LogP contribution in [0.5, 0.6) is 5.88 Å². The standard InChI is InChI=1S/C14H16N2OS/c1-3-12(13-4-2-10-18-13)14(16-7-1)17-11-5-8-15-9-6-11/h1-4,7,10-11,15H,5-6,8-9H2. The maximum absolute atomic E-state index is 6.07. The van der Waals surface area contributed by atoms with E-state index in [1.54, 1.807) is 17.5 Å². The van der Waals surface area contributed by atoms with Gasteiger partial charge in [-0.15, -0.1) is 11.3 Å². The van der Waals surface area contributed by atoms with Gasteiger partial charge in [-0.25, -0.2) is 4.98 Å². The van der Waals surface area contributed by atoms with Gasteiger partial charge in [-0.2, -0.15) is 0 Å². The van der Waals surface area contributed by atoms with E-state index in [4.69, 9.17) is 4.74 Å². The zero-order chi connectivity index (χ0) is 12.2. The van der Waals surface area contributed by atoms with Crippen LogP contribution in [0.25, 0.3) is 10.4 Å². The average Bonchev–Trinajstić information content (AvgIpc) is 2.94. The minimum Gasteiger partial charge on any atom is -0.474 e. The number of rotatable bonds is 3. The Morgan fingerprint density at radius 2 is 2.11 bits per heavy atom. The lowest BCUT2D eigenvalue weighted by Crippen LogP contribution is -2.34. The van der Waals surface area contributed by atoms with E-state index in [1.807, 2.05) is 6.07 Å². The van der Waals surface area contributed by atoms with Gasteiger partial charge < -0.3 is 10.1 Å². The van der Waals surface area contributed by atoms with Gasteiger partial charge in [0.05, 0.1) is 5.56 Å². The summed E-state index contributed by atoms with van der Waals surface area (Å²) in [4.78, 5) is 5.61. The van der Waals surface area contributed by atoms with E-state index in [0.717, 1.165) is 37.4 Å². The molecule has 0 aliphatic carbocycles. The number of hydrogen-bond donors (Lipinski definition) is 1. The first-order chi connectivity index (χ1) is 8.93. The summed E-state index contributed by atoms with van der Waals surface area (Å²) >= 11 is 1.72. The predicted molar refractivity (Wildman–Crippen MR) is 74.1 cm³/mol. The van der Waals surface area contributed by atoms with Crippen LogP contribution in [-0.2, 0) is 0 Å².